The summed E-state index contributed by atoms with van der Waals surface area (Å²) in [5, 5.41) is 0. The first kappa shape index (κ1) is 34.5. The van der Waals surface area contributed by atoms with Gasteiger partial charge in [0.15, 0.2) is 0 Å². The Morgan fingerprint density at radius 1 is 0.750 bits per heavy atom. The Kier molecular flexibility index (Phi) is 14.6. The fourth-order valence-electron chi connectivity index (χ4n) is 4.24. The van der Waals surface area contributed by atoms with E-state index < -0.39 is 11.9 Å². The zero-order valence-electron chi connectivity index (χ0n) is 25.9. The monoisotopic (exact) mass is 618 g/mol. The lowest BCUT2D eigenvalue weighted by molar-refractivity contribution is -0.139. The number of benzene rings is 3. The summed E-state index contributed by atoms with van der Waals surface area (Å²) < 4.78 is 21.6. The summed E-state index contributed by atoms with van der Waals surface area (Å²) in [6.45, 7) is 7.75. The standard InChI is InChI=1S/C36H42O7S/c1-5-6-7-8-9-12-27-13-18-30(19-14-27)42-35(38)28-15-20-31(21-16-28)43-36(39)29-17-22-33(32(25-29)40-4)44-24-11-10-23-41-34(37)26(2)3/h13-22,25H,2,5-12,23-24H2,1,3-4H3. The van der Waals surface area contributed by atoms with E-state index in [1.165, 1.54) is 31.2 Å². The smallest absolute Gasteiger partial charge is 0.343 e. The van der Waals surface area contributed by atoms with Gasteiger partial charge in [0.2, 0.25) is 0 Å². The van der Waals surface area contributed by atoms with E-state index in [4.69, 9.17) is 18.9 Å². The van der Waals surface area contributed by atoms with Crippen molar-refractivity contribution in [3.05, 3.63) is 95.6 Å². The first-order valence-electron chi connectivity index (χ1n) is 15.1. The molecule has 0 saturated heterocycles. The van der Waals surface area contributed by atoms with Gasteiger partial charge in [-0.3, -0.25) is 0 Å². The number of methoxy groups -OCH3 is 1. The van der Waals surface area contributed by atoms with E-state index in [-0.39, 0.29) is 5.97 Å². The molecule has 0 aliphatic rings. The highest BCUT2D eigenvalue weighted by Crippen LogP contribution is 2.31. The van der Waals surface area contributed by atoms with Crippen LogP contribution in [0.1, 0.15) is 85.1 Å². The number of hydrogen-bond donors (Lipinski definition) is 0. The summed E-state index contributed by atoms with van der Waals surface area (Å²) in [7, 11) is 1.55. The lowest BCUT2D eigenvalue weighted by Crippen LogP contribution is -2.10. The van der Waals surface area contributed by atoms with Crippen LogP contribution < -0.4 is 14.2 Å². The number of carbonyl (C=O) groups is 3. The summed E-state index contributed by atoms with van der Waals surface area (Å²) in [4.78, 5) is 37.8. The van der Waals surface area contributed by atoms with E-state index in [2.05, 4.69) is 13.5 Å². The SMILES string of the molecule is C=C(C)C(=O)OCCCCSc1ccc(C(=O)Oc2ccc(C(=O)Oc3ccc(CCCCCCC)cc3)cc2)cc1OC. The molecule has 0 bridgehead atoms. The van der Waals surface area contributed by atoms with Crippen LogP contribution in [-0.4, -0.2) is 37.4 Å². The molecule has 0 aliphatic heterocycles. The van der Waals surface area contributed by atoms with Gasteiger partial charge in [-0.15, -0.1) is 11.8 Å². The Bertz CT molecular complexity index is 1380. The highest BCUT2D eigenvalue weighted by atomic mass is 32.2. The molecule has 0 amide bonds. The van der Waals surface area contributed by atoms with Gasteiger partial charge in [-0.05, 0) is 98.5 Å². The maximum atomic E-state index is 12.8. The van der Waals surface area contributed by atoms with Crippen LogP contribution >= 0.6 is 11.8 Å². The summed E-state index contributed by atoms with van der Waals surface area (Å²) in [5.74, 6) is 0.751. The number of aryl methyl sites for hydroxylation is 1. The van der Waals surface area contributed by atoms with Crippen molar-refractivity contribution in [3.63, 3.8) is 0 Å². The van der Waals surface area contributed by atoms with Crippen LogP contribution in [0.15, 0.2) is 83.8 Å². The van der Waals surface area contributed by atoms with Crippen LogP contribution in [0.25, 0.3) is 0 Å². The largest absolute Gasteiger partial charge is 0.496 e. The van der Waals surface area contributed by atoms with Crippen molar-refractivity contribution < 1.29 is 33.3 Å². The molecule has 3 rings (SSSR count). The second-order valence-electron chi connectivity index (χ2n) is 10.4. The third-order valence-corrected chi connectivity index (χ3v) is 7.92. The maximum absolute atomic E-state index is 12.8. The molecule has 0 saturated carbocycles. The number of rotatable bonds is 18. The molecular formula is C36H42O7S. The van der Waals surface area contributed by atoms with Crippen molar-refractivity contribution in [1.29, 1.82) is 0 Å². The number of thioether (sulfide) groups is 1. The third kappa shape index (κ3) is 11.6. The van der Waals surface area contributed by atoms with Gasteiger partial charge in [-0.25, -0.2) is 14.4 Å². The quantitative estimate of drug-likeness (QED) is 0.0460. The van der Waals surface area contributed by atoms with Gasteiger partial charge in [-0.2, -0.15) is 0 Å². The molecular weight excluding hydrogens is 576 g/mol. The van der Waals surface area contributed by atoms with E-state index >= 15 is 0 Å². The minimum absolute atomic E-state index is 0.305. The molecule has 0 aromatic heterocycles. The maximum Gasteiger partial charge on any atom is 0.343 e. The summed E-state index contributed by atoms with van der Waals surface area (Å²) in [6, 6.07) is 19.0. The van der Waals surface area contributed by atoms with Crippen molar-refractivity contribution >= 4 is 29.7 Å². The first-order chi connectivity index (χ1) is 21.3. The van der Waals surface area contributed by atoms with E-state index in [9.17, 15) is 14.4 Å². The van der Waals surface area contributed by atoms with Crippen LogP contribution in [0.5, 0.6) is 17.2 Å². The predicted molar refractivity (Wildman–Crippen MR) is 174 cm³/mol. The lowest BCUT2D eigenvalue weighted by atomic mass is 10.1. The highest BCUT2D eigenvalue weighted by molar-refractivity contribution is 7.99. The highest BCUT2D eigenvalue weighted by Gasteiger charge is 2.15. The van der Waals surface area contributed by atoms with E-state index in [0.29, 0.717) is 40.6 Å². The normalized spacial score (nSPS) is 10.6. The molecule has 44 heavy (non-hydrogen) atoms. The van der Waals surface area contributed by atoms with Crippen LogP contribution in [0.3, 0.4) is 0 Å². The number of esters is 3. The van der Waals surface area contributed by atoms with E-state index in [1.54, 1.807) is 62.2 Å². The Morgan fingerprint density at radius 2 is 1.36 bits per heavy atom. The lowest BCUT2D eigenvalue weighted by Gasteiger charge is -2.11. The molecule has 3 aromatic carbocycles. The summed E-state index contributed by atoms with van der Waals surface area (Å²) in [5.41, 5.74) is 2.31. The third-order valence-electron chi connectivity index (χ3n) is 6.78. The van der Waals surface area contributed by atoms with Crippen molar-refractivity contribution in [3.8, 4) is 17.2 Å². The average molecular weight is 619 g/mol. The Labute approximate surface area is 264 Å². The number of unbranched alkanes of at least 4 members (excludes halogenated alkanes) is 5. The number of hydrogen-bond acceptors (Lipinski definition) is 8. The van der Waals surface area contributed by atoms with Crippen LogP contribution in [-0.2, 0) is 16.0 Å². The van der Waals surface area contributed by atoms with Crippen LogP contribution in [0.2, 0.25) is 0 Å². The zero-order chi connectivity index (χ0) is 31.7. The summed E-state index contributed by atoms with van der Waals surface area (Å²) >= 11 is 1.59. The molecule has 3 aromatic rings. The molecule has 0 unspecified atom stereocenters. The molecule has 0 fully saturated rings. The van der Waals surface area contributed by atoms with Gasteiger partial charge < -0.3 is 18.9 Å². The van der Waals surface area contributed by atoms with Gasteiger partial charge in [0, 0.05) is 10.5 Å². The molecule has 0 aliphatic carbocycles. The van der Waals surface area contributed by atoms with Gasteiger partial charge in [0.1, 0.15) is 17.2 Å². The number of carbonyl (C=O) groups excluding carboxylic acids is 3. The van der Waals surface area contributed by atoms with Crippen LogP contribution in [0, 0.1) is 0 Å². The fourth-order valence-corrected chi connectivity index (χ4v) is 5.25. The number of ether oxygens (including phenoxy) is 4. The van der Waals surface area contributed by atoms with E-state index in [0.717, 1.165) is 36.3 Å². The molecule has 0 N–H and O–H groups in total. The van der Waals surface area contributed by atoms with Crippen molar-refractivity contribution in [2.24, 2.45) is 0 Å². The first-order valence-corrected chi connectivity index (χ1v) is 16.1. The zero-order valence-corrected chi connectivity index (χ0v) is 26.7. The van der Waals surface area contributed by atoms with Crippen molar-refractivity contribution in [2.45, 2.75) is 70.1 Å². The molecule has 234 valence electrons. The van der Waals surface area contributed by atoms with Crippen LogP contribution in [0.4, 0.5) is 0 Å². The predicted octanol–water partition coefficient (Wildman–Crippen LogP) is 8.64. The average Bonchev–Trinajstić information content (AvgIpc) is 3.03. The van der Waals surface area contributed by atoms with Crippen molar-refractivity contribution in [1.82, 2.24) is 0 Å². The molecule has 0 atom stereocenters. The molecule has 0 heterocycles. The van der Waals surface area contributed by atoms with Gasteiger partial charge in [-0.1, -0.05) is 51.3 Å². The van der Waals surface area contributed by atoms with Crippen molar-refractivity contribution in [2.75, 3.05) is 19.5 Å². The Hall–Kier alpha value is -4.04. The summed E-state index contributed by atoms with van der Waals surface area (Å²) in [6.07, 6.45) is 8.78. The van der Waals surface area contributed by atoms with Gasteiger partial charge >= 0.3 is 17.9 Å². The second kappa shape index (κ2) is 18.6. The topological polar surface area (TPSA) is 88.1 Å². The molecule has 7 nitrogen and oxygen atoms in total. The molecule has 0 radical (unpaired) electrons. The Balaban J connectivity index is 1.46. The second-order valence-corrected chi connectivity index (χ2v) is 11.6. The molecule has 8 heteroatoms. The minimum atomic E-state index is -0.542. The minimum Gasteiger partial charge on any atom is -0.496 e. The Morgan fingerprint density at radius 3 is 2.00 bits per heavy atom. The fraction of sp³-hybridized carbons (Fsp3) is 0.361. The molecule has 0 spiro atoms. The van der Waals surface area contributed by atoms with Gasteiger partial charge in [0.05, 0.1) is 24.8 Å². The van der Waals surface area contributed by atoms with Gasteiger partial charge in [0.25, 0.3) is 0 Å². The van der Waals surface area contributed by atoms with E-state index in [1.807, 2.05) is 30.3 Å².